The summed E-state index contributed by atoms with van der Waals surface area (Å²) in [5.74, 6) is 1.64. The second kappa shape index (κ2) is 5.17. The summed E-state index contributed by atoms with van der Waals surface area (Å²) in [5, 5.41) is 4.73. The Morgan fingerprint density at radius 2 is 1.67 bits per heavy atom. The summed E-state index contributed by atoms with van der Waals surface area (Å²) in [6, 6.07) is 19.1. The Morgan fingerprint density at radius 1 is 0.905 bits per heavy atom. The first-order valence-corrected chi connectivity index (χ1v) is 7.43. The topological polar surface area (TPSA) is 37.8 Å². The number of rotatable bonds is 4. The fraction of sp³-hybridized carbons (Fsp3) is 0.222. The molecule has 1 aromatic heterocycles. The highest BCUT2D eigenvalue weighted by atomic mass is 15.0. The van der Waals surface area contributed by atoms with Crippen LogP contribution in [-0.4, -0.2) is 9.97 Å². The molecule has 3 nitrogen and oxygen atoms in total. The molecule has 0 bridgehead atoms. The van der Waals surface area contributed by atoms with Gasteiger partial charge in [0.15, 0.2) is 0 Å². The van der Waals surface area contributed by atoms with Crippen molar-refractivity contribution in [3.05, 3.63) is 66.5 Å². The van der Waals surface area contributed by atoms with Crippen molar-refractivity contribution in [2.75, 3.05) is 5.32 Å². The fourth-order valence-corrected chi connectivity index (χ4v) is 2.83. The summed E-state index contributed by atoms with van der Waals surface area (Å²) in [6.45, 7) is 0. The van der Waals surface area contributed by atoms with Crippen LogP contribution in [0.25, 0.3) is 10.9 Å². The van der Waals surface area contributed by atoms with Crippen molar-refractivity contribution in [2.24, 2.45) is 5.92 Å². The predicted octanol–water partition coefficient (Wildman–Crippen LogP) is 4.19. The molecular formula is C18H17N3. The highest BCUT2D eigenvalue weighted by Gasteiger charge is 2.32. The molecule has 1 heterocycles. The number of fused-ring (bicyclic) bond motifs is 1. The van der Waals surface area contributed by atoms with Gasteiger partial charge in [0.1, 0.15) is 12.1 Å². The first-order valence-electron chi connectivity index (χ1n) is 7.43. The summed E-state index contributed by atoms with van der Waals surface area (Å²) in [5.41, 5.74) is 2.32. The van der Waals surface area contributed by atoms with Crippen molar-refractivity contribution < 1.29 is 0 Å². The molecule has 1 fully saturated rings. The number of hydrogen-bond acceptors (Lipinski definition) is 3. The van der Waals surface area contributed by atoms with E-state index in [0.29, 0.717) is 12.0 Å². The lowest BCUT2D eigenvalue weighted by Crippen LogP contribution is -2.14. The standard InChI is InChI=1S/C18H17N3/c1-2-6-13(7-3-1)17(14-10-11-14)21-18-15-8-4-5-9-16(15)19-12-20-18/h1-9,12,14,17H,10-11H2,(H,19,20,21). The number of benzene rings is 2. The van der Waals surface area contributed by atoms with Crippen LogP contribution in [0.4, 0.5) is 5.82 Å². The molecule has 4 rings (SSSR count). The van der Waals surface area contributed by atoms with E-state index >= 15 is 0 Å². The molecule has 3 aromatic rings. The minimum Gasteiger partial charge on any atom is -0.362 e. The summed E-state index contributed by atoms with van der Waals surface area (Å²) in [6.07, 6.45) is 4.21. The van der Waals surface area contributed by atoms with Crippen LogP contribution in [0.3, 0.4) is 0 Å². The first kappa shape index (κ1) is 12.3. The van der Waals surface area contributed by atoms with E-state index in [1.165, 1.54) is 18.4 Å². The largest absolute Gasteiger partial charge is 0.362 e. The minimum absolute atomic E-state index is 0.338. The van der Waals surface area contributed by atoms with E-state index in [2.05, 4.69) is 51.7 Å². The molecule has 1 saturated carbocycles. The number of para-hydroxylation sites is 1. The lowest BCUT2D eigenvalue weighted by Gasteiger charge is -2.20. The normalized spacial score (nSPS) is 15.8. The second-order valence-corrected chi connectivity index (χ2v) is 5.61. The van der Waals surface area contributed by atoms with Gasteiger partial charge in [-0.2, -0.15) is 0 Å². The zero-order chi connectivity index (χ0) is 14.1. The highest BCUT2D eigenvalue weighted by molar-refractivity contribution is 5.88. The average Bonchev–Trinajstić information content (AvgIpc) is 3.38. The number of nitrogens with one attached hydrogen (secondary N) is 1. The molecule has 3 heteroatoms. The number of nitrogens with zero attached hydrogens (tertiary/aromatic N) is 2. The molecule has 0 spiro atoms. The number of aromatic nitrogens is 2. The third-order valence-electron chi connectivity index (χ3n) is 4.09. The molecule has 1 atom stereocenters. The highest BCUT2D eigenvalue weighted by Crippen LogP contribution is 2.43. The third-order valence-corrected chi connectivity index (χ3v) is 4.09. The van der Waals surface area contributed by atoms with Crippen molar-refractivity contribution >= 4 is 16.7 Å². The summed E-state index contributed by atoms with van der Waals surface area (Å²) >= 11 is 0. The van der Waals surface area contributed by atoms with Gasteiger partial charge in [0, 0.05) is 5.39 Å². The molecule has 0 saturated heterocycles. The molecule has 2 aromatic carbocycles. The molecule has 1 aliphatic rings. The van der Waals surface area contributed by atoms with Gasteiger partial charge in [-0.1, -0.05) is 42.5 Å². The van der Waals surface area contributed by atoms with Gasteiger partial charge in [-0.05, 0) is 36.5 Å². The van der Waals surface area contributed by atoms with E-state index in [9.17, 15) is 0 Å². The molecule has 1 unspecified atom stereocenters. The van der Waals surface area contributed by atoms with Crippen molar-refractivity contribution in [1.29, 1.82) is 0 Å². The van der Waals surface area contributed by atoms with Crippen molar-refractivity contribution in [3.8, 4) is 0 Å². The van der Waals surface area contributed by atoms with Gasteiger partial charge in [0.2, 0.25) is 0 Å². The van der Waals surface area contributed by atoms with Crippen molar-refractivity contribution in [1.82, 2.24) is 9.97 Å². The summed E-state index contributed by atoms with van der Waals surface area (Å²) in [4.78, 5) is 8.79. The van der Waals surface area contributed by atoms with Gasteiger partial charge in [-0.15, -0.1) is 0 Å². The third kappa shape index (κ3) is 2.47. The Bertz CT molecular complexity index is 745. The van der Waals surface area contributed by atoms with E-state index in [-0.39, 0.29) is 0 Å². The molecule has 1 N–H and O–H groups in total. The molecule has 0 aliphatic heterocycles. The van der Waals surface area contributed by atoms with Gasteiger partial charge in [0.25, 0.3) is 0 Å². The van der Waals surface area contributed by atoms with E-state index in [1.54, 1.807) is 6.33 Å². The van der Waals surface area contributed by atoms with Gasteiger partial charge < -0.3 is 5.32 Å². The Morgan fingerprint density at radius 3 is 2.48 bits per heavy atom. The second-order valence-electron chi connectivity index (χ2n) is 5.61. The van der Waals surface area contributed by atoms with E-state index in [1.807, 2.05) is 18.2 Å². The summed E-state index contributed by atoms with van der Waals surface area (Å²) in [7, 11) is 0. The quantitative estimate of drug-likeness (QED) is 0.775. The van der Waals surface area contributed by atoms with Crippen LogP contribution in [0.15, 0.2) is 60.9 Å². The van der Waals surface area contributed by atoms with Gasteiger partial charge in [-0.25, -0.2) is 9.97 Å². The van der Waals surface area contributed by atoms with Crippen LogP contribution in [-0.2, 0) is 0 Å². The van der Waals surface area contributed by atoms with Crippen molar-refractivity contribution in [3.63, 3.8) is 0 Å². The van der Waals surface area contributed by atoms with Crippen LogP contribution < -0.4 is 5.32 Å². The van der Waals surface area contributed by atoms with Gasteiger partial charge in [-0.3, -0.25) is 0 Å². The Labute approximate surface area is 124 Å². The zero-order valence-corrected chi connectivity index (χ0v) is 11.7. The Kier molecular flexibility index (Phi) is 3.03. The maximum atomic E-state index is 4.46. The molecule has 0 radical (unpaired) electrons. The maximum absolute atomic E-state index is 4.46. The molecule has 1 aliphatic carbocycles. The molecule has 104 valence electrons. The fourth-order valence-electron chi connectivity index (χ4n) is 2.83. The van der Waals surface area contributed by atoms with Crippen LogP contribution >= 0.6 is 0 Å². The van der Waals surface area contributed by atoms with E-state index in [4.69, 9.17) is 0 Å². The van der Waals surface area contributed by atoms with Crippen LogP contribution in [0.1, 0.15) is 24.4 Å². The molecule has 0 amide bonds. The number of anilines is 1. The summed E-state index contributed by atoms with van der Waals surface area (Å²) < 4.78 is 0. The smallest absolute Gasteiger partial charge is 0.137 e. The van der Waals surface area contributed by atoms with E-state index in [0.717, 1.165) is 16.7 Å². The monoisotopic (exact) mass is 275 g/mol. The van der Waals surface area contributed by atoms with Crippen LogP contribution in [0.2, 0.25) is 0 Å². The van der Waals surface area contributed by atoms with Crippen LogP contribution in [0.5, 0.6) is 0 Å². The van der Waals surface area contributed by atoms with Gasteiger partial charge in [0.05, 0.1) is 11.6 Å². The first-order chi connectivity index (χ1) is 10.4. The van der Waals surface area contributed by atoms with Crippen molar-refractivity contribution in [2.45, 2.75) is 18.9 Å². The maximum Gasteiger partial charge on any atom is 0.137 e. The number of hydrogen-bond donors (Lipinski definition) is 1. The predicted molar refractivity (Wildman–Crippen MR) is 85.1 cm³/mol. The Balaban J connectivity index is 1.72. The Hall–Kier alpha value is -2.42. The van der Waals surface area contributed by atoms with E-state index < -0.39 is 0 Å². The lowest BCUT2D eigenvalue weighted by molar-refractivity contribution is 0.676. The lowest BCUT2D eigenvalue weighted by atomic mass is 10.0. The molecular weight excluding hydrogens is 258 g/mol. The van der Waals surface area contributed by atoms with Gasteiger partial charge >= 0.3 is 0 Å². The molecule has 21 heavy (non-hydrogen) atoms. The minimum atomic E-state index is 0.338. The SMILES string of the molecule is c1ccc(C(Nc2ncnc3ccccc23)C2CC2)cc1. The van der Waals surface area contributed by atoms with Crippen LogP contribution in [0, 0.1) is 5.92 Å². The zero-order valence-electron chi connectivity index (χ0n) is 11.7. The average molecular weight is 275 g/mol.